The first kappa shape index (κ1) is 19.0. The third kappa shape index (κ3) is 3.27. The van der Waals surface area contributed by atoms with Gasteiger partial charge >= 0.3 is 0 Å². The summed E-state index contributed by atoms with van der Waals surface area (Å²) in [6.45, 7) is -0.695. The number of halogens is 3. The number of nitrogens with zero attached hydrogens (tertiary/aromatic N) is 2. The summed E-state index contributed by atoms with van der Waals surface area (Å²) in [6, 6.07) is 4.33. The molecule has 138 valence electrons. The highest BCUT2D eigenvalue weighted by Crippen LogP contribution is 2.45. The number of alkyl halides is 1. The molecular formula is C17H16Cl2FN3O3. The van der Waals surface area contributed by atoms with Crippen LogP contribution in [0.5, 0.6) is 0 Å². The minimum Gasteiger partial charge on any atom is -0.393 e. The van der Waals surface area contributed by atoms with Crippen molar-refractivity contribution >= 4 is 29.1 Å². The van der Waals surface area contributed by atoms with E-state index >= 15 is 4.39 Å². The average molecular weight is 400 g/mol. The summed E-state index contributed by atoms with van der Waals surface area (Å²) in [6.07, 6.45) is 2.32. The van der Waals surface area contributed by atoms with E-state index in [0.717, 1.165) is 0 Å². The smallest absolute Gasteiger partial charge is 0.262 e. The molecule has 2 aromatic heterocycles. The lowest BCUT2D eigenvalue weighted by Crippen LogP contribution is -2.49. The van der Waals surface area contributed by atoms with Crippen molar-refractivity contribution in [3.05, 3.63) is 57.6 Å². The number of aromatic nitrogens is 2. The number of hydrogen-bond acceptors (Lipinski definition) is 5. The van der Waals surface area contributed by atoms with E-state index in [0.29, 0.717) is 10.7 Å². The minimum atomic E-state index is -2.39. The van der Waals surface area contributed by atoms with Crippen LogP contribution in [0.1, 0.15) is 29.8 Å². The van der Waals surface area contributed by atoms with Crippen LogP contribution in [0.15, 0.2) is 30.6 Å². The van der Waals surface area contributed by atoms with Crippen molar-refractivity contribution in [1.29, 1.82) is 0 Å². The zero-order valence-electron chi connectivity index (χ0n) is 13.5. The molecule has 0 aliphatic heterocycles. The SMILES string of the molecule is O=C(NCc1ncc(Cl)cc1Cl)C1(F)CCC(O)(CO)c2ncccc21. The van der Waals surface area contributed by atoms with Gasteiger partial charge in [-0.3, -0.25) is 14.8 Å². The van der Waals surface area contributed by atoms with Crippen LogP contribution in [0, 0.1) is 0 Å². The molecule has 0 saturated heterocycles. The average Bonchev–Trinajstić information content (AvgIpc) is 2.64. The first-order valence-electron chi connectivity index (χ1n) is 7.86. The lowest BCUT2D eigenvalue weighted by Gasteiger charge is -2.38. The molecule has 1 aliphatic carbocycles. The highest BCUT2D eigenvalue weighted by molar-refractivity contribution is 6.34. The number of rotatable bonds is 4. The fourth-order valence-electron chi connectivity index (χ4n) is 2.99. The zero-order valence-corrected chi connectivity index (χ0v) is 15.1. The molecule has 6 nitrogen and oxygen atoms in total. The van der Waals surface area contributed by atoms with Crippen LogP contribution >= 0.6 is 23.2 Å². The summed E-state index contributed by atoms with van der Waals surface area (Å²) in [5.74, 6) is -0.889. The first-order chi connectivity index (χ1) is 12.3. The van der Waals surface area contributed by atoms with E-state index in [-0.39, 0.29) is 35.7 Å². The van der Waals surface area contributed by atoms with Gasteiger partial charge in [-0.2, -0.15) is 0 Å². The van der Waals surface area contributed by atoms with Crippen molar-refractivity contribution in [3.8, 4) is 0 Å². The van der Waals surface area contributed by atoms with Gasteiger partial charge in [0.15, 0.2) is 0 Å². The summed E-state index contributed by atoms with van der Waals surface area (Å²) >= 11 is 11.8. The molecule has 2 unspecified atom stereocenters. The molecule has 3 rings (SSSR count). The second-order valence-electron chi connectivity index (χ2n) is 6.16. The Hall–Kier alpha value is -1.80. The topological polar surface area (TPSA) is 95.3 Å². The molecule has 3 N–H and O–H groups in total. The van der Waals surface area contributed by atoms with Crippen molar-refractivity contribution in [3.63, 3.8) is 0 Å². The predicted octanol–water partition coefficient (Wildman–Crippen LogP) is 2.24. The largest absolute Gasteiger partial charge is 0.393 e. The van der Waals surface area contributed by atoms with Crippen LogP contribution in [0.4, 0.5) is 4.39 Å². The fourth-order valence-corrected chi connectivity index (χ4v) is 3.44. The maximum Gasteiger partial charge on any atom is 0.262 e. The zero-order chi connectivity index (χ0) is 18.9. The molecule has 0 saturated carbocycles. The number of carbonyl (C=O) groups excluding carboxylic acids is 1. The number of carbonyl (C=O) groups is 1. The third-order valence-electron chi connectivity index (χ3n) is 4.48. The van der Waals surface area contributed by atoms with Crippen molar-refractivity contribution in [2.75, 3.05) is 6.61 Å². The molecular weight excluding hydrogens is 384 g/mol. The number of fused-ring (bicyclic) bond motifs is 1. The van der Waals surface area contributed by atoms with E-state index < -0.39 is 23.8 Å². The Morgan fingerprint density at radius 3 is 2.81 bits per heavy atom. The minimum absolute atomic E-state index is 0.0333. The van der Waals surface area contributed by atoms with E-state index in [1.807, 2.05) is 0 Å². The Labute approximate surface area is 159 Å². The number of nitrogens with one attached hydrogen (secondary N) is 1. The lowest BCUT2D eigenvalue weighted by molar-refractivity contribution is -0.138. The molecule has 0 spiro atoms. The maximum absolute atomic E-state index is 15.6. The molecule has 1 aliphatic rings. The molecule has 2 aromatic rings. The van der Waals surface area contributed by atoms with E-state index in [2.05, 4.69) is 15.3 Å². The van der Waals surface area contributed by atoms with Gasteiger partial charge in [0.05, 0.1) is 34.6 Å². The standard InChI is InChI=1S/C17H16Cl2FN3O3/c18-10-6-12(19)13(22-7-10)8-23-15(25)17(20)4-3-16(26,9-24)14-11(17)2-1-5-21-14/h1-2,5-7,24,26H,3-4,8-9H2,(H,23,25). The van der Waals surface area contributed by atoms with E-state index in [1.54, 1.807) is 0 Å². The van der Waals surface area contributed by atoms with Crippen LogP contribution in [0.25, 0.3) is 0 Å². The van der Waals surface area contributed by atoms with Gasteiger partial charge in [-0.15, -0.1) is 0 Å². The number of aliphatic hydroxyl groups is 2. The molecule has 26 heavy (non-hydrogen) atoms. The maximum atomic E-state index is 15.6. The first-order valence-corrected chi connectivity index (χ1v) is 8.62. The second kappa shape index (κ2) is 7.08. The number of aliphatic hydroxyl groups excluding tert-OH is 1. The van der Waals surface area contributed by atoms with Gasteiger partial charge in [-0.25, -0.2) is 4.39 Å². The summed E-state index contributed by atoms with van der Waals surface area (Å²) < 4.78 is 15.6. The Balaban J connectivity index is 1.85. The highest BCUT2D eigenvalue weighted by Gasteiger charge is 2.51. The van der Waals surface area contributed by atoms with Gasteiger partial charge in [-0.05, 0) is 25.0 Å². The van der Waals surface area contributed by atoms with Gasteiger partial charge in [0.1, 0.15) is 5.60 Å². The molecule has 0 fully saturated rings. The van der Waals surface area contributed by atoms with Crippen molar-refractivity contribution in [2.24, 2.45) is 0 Å². The van der Waals surface area contributed by atoms with Gasteiger partial charge in [-0.1, -0.05) is 29.3 Å². The van der Waals surface area contributed by atoms with Crippen molar-refractivity contribution in [1.82, 2.24) is 15.3 Å². The predicted molar refractivity (Wildman–Crippen MR) is 93.3 cm³/mol. The quantitative estimate of drug-likeness (QED) is 0.732. The van der Waals surface area contributed by atoms with Gasteiger partial charge in [0.25, 0.3) is 5.91 Å². The monoisotopic (exact) mass is 399 g/mol. The van der Waals surface area contributed by atoms with Crippen LogP contribution in [0.3, 0.4) is 0 Å². The number of amides is 1. The molecule has 9 heteroatoms. The Morgan fingerprint density at radius 1 is 1.35 bits per heavy atom. The van der Waals surface area contributed by atoms with Crippen LogP contribution in [-0.2, 0) is 22.6 Å². The Kier molecular flexibility index (Phi) is 5.16. The number of pyridine rings is 2. The van der Waals surface area contributed by atoms with E-state index in [9.17, 15) is 15.0 Å². The van der Waals surface area contributed by atoms with Crippen LogP contribution in [-0.4, -0.2) is 32.7 Å². The van der Waals surface area contributed by atoms with E-state index in [1.165, 1.54) is 30.6 Å². The molecule has 2 atom stereocenters. The van der Waals surface area contributed by atoms with Gasteiger partial charge in [0.2, 0.25) is 5.67 Å². The van der Waals surface area contributed by atoms with Crippen LogP contribution in [0.2, 0.25) is 10.0 Å². The molecule has 0 aromatic carbocycles. The second-order valence-corrected chi connectivity index (χ2v) is 7.00. The van der Waals surface area contributed by atoms with Gasteiger partial charge in [0, 0.05) is 18.0 Å². The number of hydrogen-bond donors (Lipinski definition) is 3. The summed E-state index contributed by atoms with van der Waals surface area (Å²) in [4.78, 5) is 20.6. The Morgan fingerprint density at radius 2 is 2.12 bits per heavy atom. The van der Waals surface area contributed by atoms with Crippen molar-refractivity contribution in [2.45, 2.75) is 30.7 Å². The van der Waals surface area contributed by atoms with Crippen LogP contribution < -0.4 is 5.32 Å². The summed E-state index contributed by atoms with van der Waals surface area (Å²) in [7, 11) is 0. The molecule has 2 heterocycles. The van der Waals surface area contributed by atoms with Crippen molar-refractivity contribution < 1.29 is 19.4 Å². The molecule has 0 bridgehead atoms. The summed E-state index contributed by atoms with van der Waals surface area (Å²) in [5, 5.41) is 23.0. The van der Waals surface area contributed by atoms with Gasteiger partial charge < -0.3 is 15.5 Å². The third-order valence-corrected chi connectivity index (χ3v) is 5.01. The lowest BCUT2D eigenvalue weighted by atomic mass is 9.74. The molecule has 0 radical (unpaired) electrons. The van der Waals surface area contributed by atoms with E-state index in [4.69, 9.17) is 23.2 Å². The fraction of sp³-hybridized carbons (Fsp3) is 0.353. The highest BCUT2D eigenvalue weighted by atomic mass is 35.5. The normalized spacial score (nSPS) is 24.8. The summed E-state index contributed by atoms with van der Waals surface area (Å²) in [5.41, 5.74) is -3.80. The molecule has 1 amide bonds. The Bertz CT molecular complexity index is 854.